The molecule has 0 unspecified atom stereocenters. The third-order valence-electron chi connectivity index (χ3n) is 5.50. The van der Waals surface area contributed by atoms with Crippen LogP contribution in [0.15, 0.2) is 60.9 Å². The van der Waals surface area contributed by atoms with E-state index in [1.807, 2.05) is 59.1 Å². The van der Waals surface area contributed by atoms with Gasteiger partial charge in [0, 0.05) is 44.0 Å². The van der Waals surface area contributed by atoms with Gasteiger partial charge < -0.3 is 14.2 Å². The summed E-state index contributed by atoms with van der Waals surface area (Å²) in [6.07, 6.45) is 5.74. The van der Waals surface area contributed by atoms with Gasteiger partial charge in [0.25, 0.3) is 5.91 Å². The summed E-state index contributed by atoms with van der Waals surface area (Å²) in [6.45, 7) is 4.20. The minimum atomic E-state index is 0.0730. The summed E-state index contributed by atoms with van der Waals surface area (Å²) in [5.74, 6) is 2.12. The van der Waals surface area contributed by atoms with Crippen LogP contribution in [0, 0.1) is 12.8 Å². The number of imidazole rings is 1. The third-order valence-corrected chi connectivity index (χ3v) is 5.50. The number of piperidine rings is 1. The Bertz CT molecular complexity index is 995. The van der Waals surface area contributed by atoms with Crippen LogP contribution in [0.25, 0.3) is 11.4 Å². The number of carbonyl (C=O) groups is 1. The van der Waals surface area contributed by atoms with Crippen LogP contribution < -0.4 is 4.74 Å². The predicted octanol–water partition coefficient (Wildman–Crippen LogP) is 4.33. The summed E-state index contributed by atoms with van der Waals surface area (Å²) >= 11 is 0. The lowest BCUT2D eigenvalue weighted by Gasteiger charge is -2.33. The number of rotatable bonds is 5. The minimum absolute atomic E-state index is 0.0730. The number of aryl methyl sites for hydroxylation is 2. The van der Waals surface area contributed by atoms with Gasteiger partial charge in [-0.2, -0.15) is 0 Å². The lowest BCUT2D eigenvalue weighted by atomic mass is 9.97. The fourth-order valence-corrected chi connectivity index (χ4v) is 3.96. The molecule has 4 rings (SSSR count). The van der Waals surface area contributed by atoms with Gasteiger partial charge in [0.1, 0.15) is 11.6 Å². The molecule has 2 aromatic carbocycles. The van der Waals surface area contributed by atoms with E-state index < -0.39 is 0 Å². The van der Waals surface area contributed by atoms with E-state index in [9.17, 15) is 4.79 Å². The molecule has 5 nitrogen and oxygen atoms in total. The predicted molar refractivity (Wildman–Crippen MR) is 114 cm³/mol. The zero-order valence-electron chi connectivity index (χ0n) is 17.0. The van der Waals surface area contributed by atoms with Crippen LogP contribution in [-0.2, 0) is 7.05 Å². The average Bonchev–Trinajstić information content (AvgIpc) is 3.18. The maximum atomic E-state index is 13.3. The maximum absolute atomic E-state index is 13.3. The summed E-state index contributed by atoms with van der Waals surface area (Å²) in [7, 11) is 1.95. The van der Waals surface area contributed by atoms with Crippen molar-refractivity contribution in [1.82, 2.24) is 14.5 Å². The van der Waals surface area contributed by atoms with E-state index in [2.05, 4.69) is 24.0 Å². The number of hydrogen-bond acceptors (Lipinski definition) is 3. The summed E-state index contributed by atoms with van der Waals surface area (Å²) < 4.78 is 7.95. The van der Waals surface area contributed by atoms with E-state index in [0.29, 0.717) is 18.1 Å². The third kappa shape index (κ3) is 4.34. The van der Waals surface area contributed by atoms with Crippen molar-refractivity contribution in [3.05, 3.63) is 72.1 Å². The number of amides is 1. The highest BCUT2D eigenvalue weighted by atomic mass is 16.5. The highest BCUT2D eigenvalue weighted by Crippen LogP contribution is 2.26. The molecule has 1 saturated heterocycles. The normalized spacial score (nSPS) is 16.6. The lowest BCUT2D eigenvalue weighted by Crippen LogP contribution is -2.41. The quantitative estimate of drug-likeness (QED) is 0.653. The van der Waals surface area contributed by atoms with Gasteiger partial charge in [-0.15, -0.1) is 0 Å². The van der Waals surface area contributed by atoms with Crippen LogP contribution in [0.5, 0.6) is 5.75 Å². The number of aromatic nitrogens is 2. The molecule has 5 heteroatoms. The number of hydrogen-bond donors (Lipinski definition) is 0. The molecule has 1 aliphatic rings. The average molecular weight is 389 g/mol. The fraction of sp³-hybridized carbons (Fsp3) is 0.333. The zero-order chi connectivity index (χ0) is 20.2. The van der Waals surface area contributed by atoms with Gasteiger partial charge in [0.15, 0.2) is 0 Å². The molecule has 0 bridgehead atoms. The lowest BCUT2D eigenvalue weighted by molar-refractivity contribution is 0.0634. The Hall–Kier alpha value is -3.08. The van der Waals surface area contributed by atoms with Crippen molar-refractivity contribution in [2.75, 3.05) is 19.7 Å². The first-order valence-corrected chi connectivity index (χ1v) is 10.2. The van der Waals surface area contributed by atoms with Crippen molar-refractivity contribution in [1.29, 1.82) is 0 Å². The Morgan fingerprint density at radius 2 is 2.07 bits per heavy atom. The van der Waals surface area contributed by atoms with E-state index in [0.717, 1.165) is 43.1 Å². The molecule has 1 fully saturated rings. The van der Waals surface area contributed by atoms with Gasteiger partial charge in [-0.25, -0.2) is 4.98 Å². The monoisotopic (exact) mass is 389 g/mol. The van der Waals surface area contributed by atoms with Crippen LogP contribution in [0.4, 0.5) is 0 Å². The fourth-order valence-electron chi connectivity index (χ4n) is 3.96. The summed E-state index contributed by atoms with van der Waals surface area (Å²) in [4.78, 5) is 19.7. The summed E-state index contributed by atoms with van der Waals surface area (Å²) in [6, 6.07) is 15.9. The Morgan fingerprint density at radius 1 is 1.21 bits per heavy atom. The van der Waals surface area contributed by atoms with Crippen LogP contribution >= 0.6 is 0 Å². The molecule has 1 amide bonds. The number of benzene rings is 2. The molecular weight excluding hydrogens is 362 g/mol. The van der Waals surface area contributed by atoms with Gasteiger partial charge in [0.2, 0.25) is 0 Å². The second kappa shape index (κ2) is 8.52. The van der Waals surface area contributed by atoms with Gasteiger partial charge in [-0.05, 0) is 43.5 Å². The Labute approximate surface area is 171 Å². The van der Waals surface area contributed by atoms with Crippen molar-refractivity contribution in [2.45, 2.75) is 19.8 Å². The minimum Gasteiger partial charge on any atom is -0.493 e. The number of carbonyl (C=O) groups excluding carboxylic acids is 1. The highest BCUT2D eigenvalue weighted by molar-refractivity contribution is 6.00. The topological polar surface area (TPSA) is 47.4 Å². The van der Waals surface area contributed by atoms with Crippen molar-refractivity contribution in [3.8, 4) is 17.1 Å². The van der Waals surface area contributed by atoms with Crippen molar-refractivity contribution < 1.29 is 9.53 Å². The summed E-state index contributed by atoms with van der Waals surface area (Å²) in [5.41, 5.74) is 2.78. The van der Waals surface area contributed by atoms with E-state index in [4.69, 9.17) is 4.74 Å². The van der Waals surface area contributed by atoms with E-state index in [-0.39, 0.29) is 5.91 Å². The molecule has 0 N–H and O–H groups in total. The van der Waals surface area contributed by atoms with E-state index >= 15 is 0 Å². The summed E-state index contributed by atoms with van der Waals surface area (Å²) in [5, 5.41) is 0. The molecule has 1 aliphatic heterocycles. The van der Waals surface area contributed by atoms with Gasteiger partial charge in [-0.1, -0.05) is 30.3 Å². The molecule has 0 saturated carbocycles. The number of likely N-dealkylation sites (tertiary alicyclic amines) is 1. The SMILES string of the molecule is Cc1cccc(OC[C@H]2CCCN(C(=O)c3ccccc3-c3nccn3C)C2)c1. The molecule has 1 atom stereocenters. The highest BCUT2D eigenvalue weighted by Gasteiger charge is 2.27. The molecule has 0 spiro atoms. The molecule has 3 aromatic rings. The molecule has 0 aliphatic carbocycles. The van der Waals surface area contributed by atoms with Gasteiger partial charge in [0.05, 0.1) is 12.2 Å². The van der Waals surface area contributed by atoms with Gasteiger partial charge in [-0.3, -0.25) is 4.79 Å². The second-order valence-corrected chi connectivity index (χ2v) is 7.79. The van der Waals surface area contributed by atoms with Crippen LogP contribution in [0.2, 0.25) is 0 Å². The van der Waals surface area contributed by atoms with Crippen molar-refractivity contribution in [3.63, 3.8) is 0 Å². The van der Waals surface area contributed by atoms with E-state index in [1.54, 1.807) is 6.20 Å². The standard InChI is InChI=1S/C24H27N3O2/c1-18-7-5-9-20(15-18)29-17-19-8-6-13-27(16-19)24(28)22-11-4-3-10-21(22)23-25-12-14-26(23)2/h3-5,7,9-12,14-15,19H,6,8,13,16-17H2,1-2H3/t19-/m0/s1. The van der Waals surface area contributed by atoms with Crippen LogP contribution in [-0.4, -0.2) is 40.1 Å². The first kappa shape index (κ1) is 19.2. The second-order valence-electron chi connectivity index (χ2n) is 7.79. The first-order chi connectivity index (χ1) is 14.1. The molecule has 29 heavy (non-hydrogen) atoms. The smallest absolute Gasteiger partial charge is 0.254 e. The van der Waals surface area contributed by atoms with Crippen molar-refractivity contribution >= 4 is 5.91 Å². The zero-order valence-corrected chi connectivity index (χ0v) is 17.0. The Balaban J connectivity index is 1.46. The molecule has 0 radical (unpaired) electrons. The number of nitrogens with zero attached hydrogens (tertiary/aromatic N) is 3. The van der Waals surface area contributed by atoms with Crippen LogP contribution in [0.1, 0.15) is 28.8 Å². The Morgan fingerprint density at radius 3 is 2.86 bits per heavy atom. The first-order valence-electron chi connectivity index (χ1n) is 10.2. The molecular formula is C24H27N3O2. The molecule has 150 valence electrons. The maximum Gasteiger partial charge on any atom is 0.254 e. The Kier molecular flexibility index (Phi) is 5.65. The molecule has 1 aromatic heterocycles. The number of ether oxygens (including phenoxy) is 1. The van der Waals surface area contributed by atoms with Crippen LogP contribution in [0.3, 0.4) is 0 Å². The largest absolute Gasteiger partial charge is 0.493 e. The van der Waals surface area contributed by atoms with Gasteiger partial charge >= 0.3 is 0 Å². The van der Waals surface area contributed by atoms with Crippen molar-refractivity contribution in [2.24, 2.45) is 13.0 Å². The van der Waals surface area contributed by atoms with E-state index in [1.165, 1.54) is 5.56 Å². The molecule has 2 heterocycles.